The molecular weight excluding hydrogens is 681 g/mol. The number of para-hydroxylation sites is 4. The highest BCUT2D eigenvalue weighted by Crippen LogP contribution is 2.37. The lowest BCUT2D eigenvalue weighted by molar-refractivity contribution is 1.29. The fourth-order valence-electron chi connectivity index (χ4n) is 8.13. The number of fused-ring (bicyclic) bond motifs is 1. The molecular formula is C52H40N2Si. The number of hydrogen-bond donors (Lipinski definition) is 0. The molecule has 0 radical (unpaired) electrons. The Morgan fingerprint density at radius 1 is 0.255 bits per heavy atom. The van der Waals surface area contributed by atoms with Gasteiger partial charge in [0.1, 0.15) is 0 Å². The van der Waals surface area contributed by atoms with Crippen molar-refractivity contribution in [3.8, 4) is 0 Å². The number of benzene rings is 9. The molecule has 0 unspecified atom stereocenters. The minimum absolute atomic E-state index is 1.11. The van der Waals surface area contributed by atoms with E-state index < -0.39 is 8.07 Å². The van der Waals surface area contributed by atoms with Gasteiger partial charge >= 0.3 is 0 Å². The summed E-state index contributed by atoms with van der Waals surface area (Å²) < 4.78 is 0. The first-order valence-corrected chi connectivity index (χ1v) is 20.9. The van der Waals surface area contributed by atoms with Gasteiger partial charge in [-0.05, 0) is 98.2 Å². The largest absolute Gasteiger partial charge is 0.311 e. The third kappa shape index (κ3) is 6.41. The lowest BCUT2D eigenvalue weighted by atomic mass is 10.1. The summed E-state index contributed by atoms with van der Waals surface area (Å²) in [6.45, 7) is 0. The monoisotopic (exact) mass is 720 g/mol. The molecule has 0 aliphatic rings. The molecule has 0 aromatic heterocycles. The average Bonchev–Trinajstić information content (AvgIpc) is 3.27. The molecule has 55 heavy (non-hydrogen) atoms. The fraction of sp³-hybridized carbons (Fsp3) is 0. The summed E-state index contributed by atoms with van der Waals surface area (Å²) >= 11 is 0. The molecule has 0 heterocycles. The van der Waals surface area contributed by atoms with E-state index in [4.69, 9.17) is 0 Å². The summed E-state index contributed by atoms with van der Waals surface area (Å²) in [6.07, 6.45) is 0. The van der Waals surface area contributed by atoms with Crippen LogP contribution in [0.3, 0.4) is 0 Å². The Morgan fingerprint density at radius 2 is 0.673 bits per heavy atom. The third-order valence-electron chi connectivity index (χ3n) is 10.5. The maximum absolute atomic E-state index is 3.06. The number of nitrogens with zero attached hydrogens (tertiary/aromatic N) is 2. The Labute approximate surface area is 324 Å². The molecule has 9 rings (SSSR count). The predicted molar refractivity (Wildman–Crippen MR) is 237 cm³/mol. The summed E-state index contributed by atoms with van der Waals surface area (Å²) in [5.41, 5.74) is 6.74. The summed E-state index contributed by atoms with van der Waals surface area (Å²) in [5.74, 6) is 0. The van der Waals surface area contributed by atoms with Crippen LogP contribution in [0.5, 0.6) is 0 Å². The van der Waals surface area contributed by atoms with E-state index in [0.29, 0.717) is 0 Å². The van der Waals surface area contributed by atoms with Gasteiger partial charge in [0.25, 0.3) is 0 Å². The van der Waals surface area contributed by atoms with Crippen molar-refractivity contribution < 1.29 is 0 Å². The van der Waals surface area contributed by atoms with Gasteiger partial charge in [-0.3, -0.25) is 0 Å². The van der Waals surface area contributed by atoms with Gasteiger partial charge in [-0.2, -0.15) is 0 Å². The second kappa shape index (κ2) is 15.2. The first-order chi connectivity index (χ1) is 27.3. The number of anilines is 6. The van der Waals surface area contributed by atoms with E-state index in [9.17, 15) is 0 Å². The smallest absolute Gasteiger partial charge is 0.181 e. The quantitative estimate of drug-likeness (QED) is 0.103. The highest BCUT2D eigenvalue weighted by molar-refractivity contribution is 7.20. The van der Waals surface area contributed by atoms with Crippen molar-refractivity contribution in [1.29, 1.82) is 0 Å². The molecule has 3 heteroatoms. The van der Waals surface area contributed by atoms with Gasteiger partial charge < -0.3 is 9.80 Å². The van der Waals surface area contributed by atoms with Crippen LogP contribution in [0, 0.1) is 0 Å². The van der Waals surface area contributed by atoms with Gasteiger partial charge in [0, 0.05) is 34.1 Å². The number of rotatable bonds is 10. The van der Waals surface area contributed by atoms with Crippen LogP contribution in [0.2, 0.25) is 0 Å². The molecule has 0 aliphatic heterocycles. The molecule has 0 fully saturated rings. The van der Waals surface area contributed by atoms with Gasteiger partial charge in [0.15, 0.2) is 8.07 Å². The summed E-state index contributed by atoms with van der Waals surface area (Å²) in [5, 5.41) is 7.70. The molecule has 0 atom stereocenters. The standard InChI is InChI=1S/C52H40N2Si/c1-6-23-43(24-7-1)53(47-38-37-41-21-16-17-22-42(41)39-47)46-29-20-34-50(40-46)55(48-30-12-4-13-31-48,49-32-14-5-15-33-49)52-36-19-18-35-51(52)54(44-25-8-2-9-26-44)45-27-10-3-11-28-45/h1-40H. The van der Waals surface area contributed by atoms with E-state index in [1.807, 2.05) is 0 Å². The predicted octanol–water partition coefficient (Wildman–Crippen LogP) is 11.2. The maximum atomic E-state index is 2.46. The summed E-state index contributed by atoms with van der Waals surface area (Å²) in [7, 11) is -3.06. The fourth-order valence-corrected chi connectivity index (χ4v) is 13.1. The molecule has 2 nitrogen and oxygen atoms in total. The molecule has 0 saturated heterocycles. The lowest BCUT2D eigenvalue weighted by Crippen LogP contribution is -2.75. The summed E-state index contributed by atoms with van der Waals surface area (Å²) in [6, 6.07) is 88.5. The lowest BCUT2D eigenvalue weighted by Gasteiger charge is -2.39. The van der Waals surface area contributed by atoms with Crippen LogP contribution in [-0.4, -0.2) is 8.07 Å². The van der Waals surface area contributed by atoms with Gasteiger partial charge in [-0.15, -0.1) is 0 Å². The van der Waals surface area contributed by atoms with Crippen LogP contribution >= 0.6 is 0 Å². The Kier molecular flexibility index (Phi) is 9.35. The molecule has 0 bridgehead atoms. The highest BCUT2D eigenvalue weighted by atomic mass is 28.3. The van der Waals surface area contributed by atoms with Crippen LogP contribution < -0.4 is 30.5 Å². The van der Waals surface area contributed by atoms with Crippen LogP contribution in [-0.2, 0) is 0 Å². The van der Waals surface area contributed by atoms with Gasteiger partial charge in [0.05, 0.1) is 0 Å². The maximum Gasteiger partial charge on any atom is 0.181 e. The summed E-state index contributed by atoms with van der Waals surface area (Å²) in [4.78, 5) is 4.83. The Hall–Kier alpha value is -6.94. The zero-order valence-corrected chi connectivity index (χ0v) is 31.5. The first kappa shape index (κ1) is 33.9. The topological polar surface area (TPSA) is 6.48 Å². The van der Waals surface area contributed by atoms with E-state index in [2.05, 4.69) is 252 Å². The molecule has 0 saturated carbocycles. The minimum atomic E-state index is -3.06. The van der Waals surface area contributed by atoms with E-state index >= 15 is 0 Å². The molecule has 262 valence electrons. The molecule has 0 N–H and O–H groups in total. The van der Waals surface area contributed by atoms with Gasteiger partial charge in [0.2, 0.25) is 0 Å². The average molecular weight is 721 g/mol. The molecule has 0 spiro atoms. The van der Waals surface area contributed by atoms with Crippen molar-refractivity contribution in [2.75, 3.05) is 9.80 Å². The molecule has 0 aliphatic carbocycles. The van der Waals surface area contributed by atoms with Crippen LogP contribution in [0.1, 0.15) is 0 Å². The van der Waals surface area contributed by atoms with Crippen molar-refractivity contribution in [3.63, 3.8) is 0 Å². The second-order valence-corrected chi connectivity index (χ2v) is 17.5. The molecule has 9 aromatic rings. The molecule has 0 amide bonds. The zero-order valence-electron chi connectivity index (χ0n) is 30.5. The van der Waals surface area contributed by atoms with Crippen LogP contribution in [0.4, 0.5) is 34.1 Å². The van der Waals surface area contributed by atoms with E-state index in [-0.39, 0.29) is 0 Å². The van der Waals surface area contributed by atoms with E-state index in [0.717, 1.165) is 28.4 Å². The third-order valence-corrected chi connectivity index (χ3v) is 15.3. The second-order valence-electron chi connectivity index (χ2n) is 13.8. The van der Waals surface area contributed by atoms with Crippen molar-refractivity contribution in [3.05, 3.63) is 243 Å². The van der Waals surface area contributed by atoms with Crippen LogP contribution in [0.15, 0.2) is 243 Å². The van der Waals surface area contributed by atoms with Gasteiger partial charge in [-0.1, -0.05) is 176 Å². The Morgan fingerprint density at radius 3 is 1.25 bits per heavy atom. The normalized spacial score (nSPS) is 11.3. The van der Waals surface area contributed by atoms with E-state index in [1.54, 1.807) is 0 Å². The number of hydrogen-bond acceptors (Lipinski definition) is 2. The SMILES string of the molecule is c1ccc(N(c2cccc([Si](c3ccccc3)(c3ccccc3)c3ccccc3N(c3ccccc3)c3ccccc3)c2)c2ccc3ccccc3c2)cc1. The van der Waals surface area contributed by atoms with Crippen molar-refractivity contribution in [2.24, 2.45) is 0 Å². The molecule has 9 aromatic carbocycles. The first-order valence-electron chi connectivity index (χ1n) is 18.9. The van der Waals surface area contributed by atoms with Crippen molar-refractivity contribution in [2.45, 2.75) is 0 Å². The Bertz CT molecular complexity index is 2570. The van der Waals surface area contributed by atoms with E-state index in [1.165, 1.54) is 37.2 Å². The van der Waals surface area contributed by atoms with Gasteiger partial charge in [-0.25, -0.2) is 0 Å². The van der Waals surface area contributed by atoms with Crippen molar-refractivity contribution >= 4 is 73.7 Å². The Balaban J connectivity index is 1.35. The zero-order chi connectivity index (χ0) is 36.9. The minimum Gasteiger partial charge on any atom is -0.311 e. The van der Waals surface area contributed by atoms with Crippen molar-refractivity contribution in [1.82, 2.24) is 0 Å². The highest BCUT2D eigenvalue weighted by Gasteiger charge is 2.44. The van der Waals surface area contributed by atoms with Crippen LogP contribution in [0.25, 0.3) is 10.8 Å².